The average Bonchev–Trinajstić information content (AvgIpc) is 2.89. The molecule has 126 valence electrons. The van der Waals surface area contributed by atoms with Gasteiger partial charge in [-0.25, -0.2) is 4.39 Å². The van der Waals surface area contributed by atoms with Crippen molar-refractivity contribution in [3.8, 4) is 11.3 Å². The Bertz CT molecular complexity index is 910. The van der Waals surface area contributed by atoms with Crippen molar-refractivity contribution in [1.82, 2.24) is 19.6 Å². The molecule has 1 aromatic carbocycles. The number of hydrogen-bond donors (Lipinski definition) is 0. The van der Waals surface area contributed by atoms with Crippen molar-refractivity contribution in [2.45, 2.75) is 19.0 Å². The maximum absolute atomic E-state index is 14.0. The van der Waals surface area contributed by atoms with E-state index in [0.29, 0.717) is 19.1 Å². The summed E-state index contributed by atoms with van der Waals surface area (Å²) in [4.78, 5) is 3.84. The van der Waals surface area contributed by atoms with Crippen molar-refractivity contribution in [2.75, 3.05) is 0 Å². The second-order valence-corrected chi connectivity index (χ2v) is 5.11. The zero-order valence-corrected chi connectivity index (χ0v) is 11.9. The largest absolute Gasteiger partial charge is 0.416 e. The van der Waals surface area contributed by atoms with Crippen LogP contribution >= 0.6 is 0 Å². The summed E-state index contributed by atoms with van der Waals surface area (Å²) >= 11 is 0. The number of nitrogens with zero attached hydrogens (tertiary/aromatic N) is 4. The molecule has 0 saturated heterocycles. The first-order chi connectivity index (χ1) is 11.1. The Kier molecular flexibility index (Phi) is 3.50. The first kappa shape index (κ1) is 16.2. The van der Waals surface area contributed by atoms with E-state index in [1.807, 2.05) is 0 Å². The fourth-order valence-electron chi connectivity index (χ4n) is 2.14. The molecule has 0 aliphatic carbocycles. The Hall–Kier alpha value is -2.65. The fraction of sp³-hybridized carbons (Fsp3) is 0.214. The molecule has 2 aromatic heterocycles. The minimum atomic E-state index is -4.69. The molecule has 0 fully saturated rings. The SMILES string of the molecule is CC(F)(F)c1nnc2cnc(-c3ccc(C(F)(F)F)cc3F)cn12. The van der Waals surface area contributed by atoms with Gasteiger partial charge in [0.05, 0.1) is 17.5 Å². The lowest BCUT2D eigenvalue weighted by molar-refractivity contribution is -0.137. The van der Waals surface area contributed by atoms with Crippen molar-refractivity contribution in [1.29, 1.82) is 0 Å². The summed E-state index contributed by atoms with van der Waals surface area (Å²) in [5.41, 5.74) is -1.54. The molecule has 0 spiro atoms. The van der Waals surface area contributed by atoms with Gasteiger partial charge in [-0.1, -0.05) is 0 Å². The van der Waals surface area contributed by atoms with Crippen LogP contribution in [0, 0.1) is 5.82 Å². The summed E-state index contributed by atoms with van der Waals surface area (Å²) in [5.74, 6) is -5.17. The second-order valence-electron chi connectivity index (χ2n) is 5.11. The predicted molar refractivity (Wildman–Crippen MR) is 70.7 cm³/mol. The first-order valence-electron chi connectivity index (χ1n) is 6.53. The minimum absolute atomic E-state index is 0.00240. The van der Waals surface area contributed by atoms with E-state index in [2.05, 4.69) is 15.2 Å². The van der Waals surface area contributed by atoms with E-state index in [4.69, 9.17) is 0 Å². The number of hydrogen-bond acceptors (Lipinski definition) is 3. The van der Waals surface area contributed by atoms with E-state index in [1.165, 1.54) is 0 Å². The van der Waals surface area contributed by atoms with E-state index in [0.717, 1.165) is 22.9 Å². The quantitative estimate of drug-likeness (QED) is 0.657. The van der Waals surface area contributed by atoms with Gasteiger partial charge in [0.2, 0.25) is 5.82 Å². The average molecular weight is 346 g/mol. The van der Waals surface area contributed by atoms with E-state index >= 15 is 0 Å². The third-order valence-electron chi connectivity index (χ3n) is 3.26. The van der Waals surface area contributed by atoms with Gasteiger partial charge in [0.25, 0.3) is 0 Å². The number of benzene rings is 1. The Morgan fingerprint density at radius 2 is 1.75 bits per heavy atom. The molecular formula is C14H8F6N4. The molecule has 0 aliphatic rings. The van der Waals surface area contributed by atoms with Gasteiger partial charge in [-0.3, -0.25) is 9.38 Å². The normalized spacial score (nSPS) is 12.8. The van der Waals surface area contributed by atoms with Crippen LogP contribution in [0.4, 0.5) is 26.3 Å². The van der Waals surface area contributed by atoms with Crippen LogP contribution in [0.25, 0.3) is 16.9 Å². The molecule has 0 amide bonds. The Morgan fingerprint density at radius 1 is 1.04 bits per heavy atom. The van der Waals surface area contributed by atoms with Crippen LogP contribution < -0.4 is 0 Å². The van der Waals surface area contributed by atoms with Crippen molar-refractivity contribution >= 4 is 5.65 Å². The standard InChI is InChI=1S/C14H8F6N4/c1-13(16,17)12-23-22-11-5-21-10(6-24(11)12)8-3-2-7(4-9(8)15)14(18,19)20/h2-6H,1H3. The fourth-order valence-corrected chi connectivity index (χ4v) is 2.14. The van der Waals surface area contributed by atoms with E-state index < -0.39 is 29.3 Å². The van der Waals surface area contributed by atoms with E-state index in [9.17, 15) is 26.3 Å². The van der Waals surface area contributed by atoms with Crippen molar-refractivity contribution in [3.63, 3.8) is 0 Å². The van der Waals surface area contributed by atoms with Gasteiger partial charge < -0.3 is 0 Å². The highest BCUT2D eigenvalue weighted by molar-refractivity contribution is 5.61. The number of aromatic nitrogens is 4. The highest BCUT2D eigenvalue weighted by Gasteiger charge is 2.32. The monoisotopic (exact) mass is 346 g/mol. The van der Waals surface area contributed by atoms with Gasteiger partial charge in [0, 0.05) is 18.7 Å². The molecule has 0 N–H and O–H groups in total. The molecule has 0 unspecified atom stereocenters. The second kappa shape index (κ2) is 5.18. The third kappa shape index (κ3) is 2.79. The van der Waals surface area contributed by atoms with Crippen molar-refractivity contribution in [3.05, 3.63) is 47.8 Å². The van der Waals surface area contributed by atoms with Crippen LogP contribution in [0.1, 0.15) is 18.3 Å². The molecule has 3 rings (SSSR count). The van der Waals surface area contributed by atoms with Crippen LogP contribution in [0.5, 0.6) is 0 Å². The van der Waals surface area contributed by atoms with Gasteiger partial charge in [0.1, 0.15) is 5.82 Å². The van der Waals surface area contributed by atoms with Gasteiger partial charge >= 0.3 is 12.1 Å². The van der Waals surface area contributed by atoms with Gasteiger partial charge in [0.15, 0.2) is 5.65 Å². The molecule has 0 saturated carbocycles. The minimum Gasteiger partial charge on any atom is -0.278 e. The summed E-state index contributed by atoms with van der Waals surface area (Å²) in [5, 5.41) is 6.87. The highest BCUT2D eigenvalue weighted by atomic mass is 19.4. The number of fused-ring (bicyclic) bond motifs is 1. The summed E-state index contributed by atoms with van der Waals surface area (Å²) < 4.78 is 79.6. The summed E-state index contributed by atoms with van der Waals surface area (Å²) in [6, 6.07) is 1.90. The maximum Gasteiger partial charge on any atom is 0.416 e. The summed E-state index contributed by atoms with van der Waals surface area (Å²) in [6.45, 7) is 0.613. The van der Waals surface area contributed by atoms with Gasteiger partial charge in [-0.15, -0.1) is 10.2 Å². The summed E-state index contributed by atoms with van der Waals surface area (Å²) in [6.07, 6.45) is -2.56. The highest BCUT2D eigenvalue weighted by Crippen LogP contribution is 2.33. The van der Waals surface area contributed by atoms with Gasteiger partial charge in [-0.2, -0.15) is 22.0 Å². The Labute approximate surface area is 130 Å². The first-order valence-corrected chi connectivity index (χ1v) is 6.53. The topological polar surface area (TPSA) is 43.1 Å². The van der Waals surface area contributed by atoms with E-state index in [-0.39, 0.29) is 16.9 Å². The van der Waals surface area contributed by atoms with Crippen LogP contribution in [-0.4, -0.2) is 19.6 Å². The molecule has 10 heteroatoms. The number of halogens is 6. The van der Waals surface area contributed by atoms with Gasteiger partial charge in [-0.05, 0) is 18.2 Å². The third-order valence-corrected chi connectivity index (χ3v) is 3.26. The lowest BCUT2D eigenvalue weighted by Crippen LogP contribution is -2.12. The lowest BCUT2D eigenvalue weighted by atomic mass is 10.1. The molecule has 0 bridgehead atoms. The smallest absolute Gasteiger partial charge is 0.278 e. The Morgan fingerprint density at radius 3 is 2.33 bits per heavy atom. The molecule has 4 nitrogen and oxygen atoms in total. The zero-order valence-electron chi connectivity index (χ0n) is 11.9. The van der Waals surface area contributed by atoms with Crippen LogP contribution in [0.2, 0.25) is 0 Å². The molecule has 2 heterocycles. The van der Waals surface area contributed by atoms with Crippen LogP contribution in [-0.2, 0) is 12.1 Å². The number of rotatable bonds is 2. The maximum atomic E-state index is 14.0. The molecule has 3 aromatic rings. The van der Waals surface area contributed by atoms with Crippen LogP contribution in [0.3, 0.4) is 0 Å². The molecule has 24 heavy (non-hydrogen) atoms. The van der Waals surface area contributed by atoms with Crippen molar-refractivity contribution < 1.29 is 26.3 Å². The number of alkyl halides is 5. The van der Waals surface area contributed by atoms with Crippen molar-refractivity contribution in [2.24, 2.45) is 0 Å². The lowest BCUT2D eigenvalue weighted by Gasteiger charge is -2.10. The molecular weight excluding hydrogens is 338 g/mol. The van der Waals surface area contributed by atoms with E-state index in [1.54, 1.807) is 0 Å². The molecule has 0 radical (unpaired) electrons. The molecule has 0 aliphatic heterocycles. The predicted octanol–water partition coefficient (Wildman–Crippen LogP) is 4.06. The summed E-state index contributed by atoms with van der Waals surface area (Å²) in [7, 11) is 0. The Balaban J connectivity index is 2.13. The van der Waals surface area contributed by atoms with Crippen LogP contribution in [0.15, 0.2) is 30.6 Å². The molecule has 0 atom stereocenters. The zero-order chi connectivity index (χ0) is 17.7.